The third kappa shape index (κ3) is 3.21. The third-order valence-electron chi connectivity index (χ3n) is 4.48. The Morgan fingerprint density at radius 2 is 2.32 bits per heavy atom. The van der Waals surface area contributed by atoms with Crippen LogP contribution >= 0.6 is 0 Å². The van der Waals surface area contributed by atoms with Crippen LogP contribution in [0.1, 0.15) is 31.4 Å². The summed E-state index contributed by atoms with van der Waals surface area (Å²) in [5.74, 6) is 0.450. The molecule has 0 aromatic heterocycles. The molecule has 3 unspecified atom stereocenters. The summed E-state index contributed by atoms with van der Waals surface area (Å²) < 4.78 is 0. The lowest BCUT2D eigenvalue weighted by Crippen LogP contribution is -2.36. The highest BCUT2D eigenvalue weighted by atomic mass is 16.1. The number of hydrazine groups is 1. The highest BCUT2D eigenvalue weighted by molar-refractivity contribution is 5.88. The first-order valence-electron chi connectivity index (χ1n) is 7.69. The number of likely N-dealkylation sites (tertiary alicyclic amines) is 1. The minimum absolute atomic E-state index is 0.0601. The number of carbonyl (C=O) groups excluding carboxylic acids is 1. The minimum atomic E-state index is -0.0601. The SMILES string of the molecule is CC(=O)Nc1cccc(C2CC(C3CCN(C#N)C3)NN2)c1. The van der Waals surface area contributed by atoms with Crippen molar-refractivity contribution in [3.05, 3.63) is 29.8 Å². The monoisotopic (exact) mass is 299 g/mol. The molecule has 0 spiro atoms. The van der Waals surface area contributed by atoms with Crippen molar-refractivity contribution in [1.29, 1.82) is 5.26 Å². The average molecular weight is 299 g/mol. The van der Waals surface area contributed by atoms with Gasteiger partial charge in [-0.2, -0.15) is 5.26 Å². The van der Waals surface area contributed by atoms with Crippen LogP contribution in [0.15, 0.2) is 24.3 Å². The maximum Gasteiger partial charge on any atom is 0.221 e. The lowest BCUT2D eigenvalue weighted by Gasteiger charge is -2.17. The fourth-order valence-electron chi connectivity index (χ4n) is 3.35. The number of nitrogens with zero attached hydrogens (tertiary/aromatic N) is 2. The summed E-state index contributed by atoms with van der Waals surface area (Å²) in [6.07, 6.45) is 4.29. The molecule has 1 aromatic rings. The van der Waals surface area contributed by atoms with Gasteiger partial charge in [0.1, 0.15) is 0 Å². The molecule has 0 bridgehead atoms. The summed E-state index contributed by atoms with van der Waals surface area (Å²) in [6, 6.07) is 8.56. The lowest BCUT2D eigenvalue weighted by atomic mass is 9.93. The standard InChI is InChI=1S/C16H21N5O/c1-11(22)18-14-4-2-3-12(7-14)15-8-16(20-19-15)13-5-6-21(9-13)10-17/h2-4,7,13,15-16,19-20H,5-6,8-9H2,1H3,(H,18,22). The zero-order chi connectivity index (χ0) is 15.5. The van der Waals surface area contributed by atoms with Crippen molar-refractivity contribution in [2.45, 2.75) is 31.8 Å². The van der Waals surface area contributed by atoms with Gasteiger partial charge in [-0.05, 0) is 36.5 Å². The Labute approximate surface area is 130 Å². The fourth-order valence-corrected chi connectivity index (χ4v) is 3.35. The zero-order valence-electron chi connectivity index (χ0n) is 12.7. The average Bonchev–Trinajstić information content (AvgIpc) is 3.16. The molecule has 2 fully saturated rings. The largest absolute Gasteiger partial charge is 0.326 e. The van der Waals surface area contributed by atoms with Gasteiger partial charge in [-0.15, -0.1) is 0 Å². The molecule has 1 amide bonds. The minimum Gasteiger partial charge on any atom is -0.326 e. The Morgan fingerprint density at radius 3 is 3.05 bits per heavy atom. The molecule has 2 heterocycles. The molecule has 1 aromatic carbocycles. The molecular weight excluding hydrogens is 278 g/mol. The number of anilines is 1. The van der Waals surface area contributed by atoms with Gasteiger partial charge in [-0.1, -0.05) is 12.1 Å². The molecule has 3 atom stereocenters. The molecule has 6 nitrogen and oxygen atoms in total. The topological polar surface area (TPSA) is 80.2 Å². The molecule has 0 saturated carbocycles. The number of hydrogen-bond donors (Lipinski definition) is 3. The predicted octanol–water partition coefficient (Wildman–Crippen LogP) is 1.36. The number of amides is 1. The quantitative estimate of drug-likeness (QED) is 0.734. The zero-order valence-corrected chi connectivity index (χ0v) is 12.7. The molecule has 116 valence electrons. The van der Waals surface area contributed by atoms with E-state index in [0.29, 0.717) is 12.0 Å². The van der Waals surface area contributed by atoms with Gasteiger partial charge in [0.15, 0.2) is 6.19 Å². The van der Waals surface area contributed by atoms with E-state index in [0.717, 1.165) is 37.2 Å². The van der Waals surface area contributed by atoms with Crippen LogP contribution in [0.25, 0.3) is 0 Å². The number of nitrogens with one attached hydrogen (secondary N) is 3. The van der Waals surface area contributed by atoms with Crippen molar-refractivity contribution in [1.82, 2.24) is 15.8 Å². The Bertz CT molecular complexity index is 596. The summed E-state index contributed by atoms with van der Waals surface area (Å²) in [5, 5.41) is 11.8. The van der Waals surface area contributed by atoms with Gasteiger partial charge < -0.3 is 10.2 Å². The second kappa shape index (κ2) is 6.34. The summed E-state index contributed by atoms with van der Waals surface area (Å²) in [4.78, 5) is 13.0. The van der Waals surface area contributed by atoms with Crippen molar-refractivity contribution in [2.75, 3.05) is 18.4 Å². The molecule has 2 saturated heterocycles. The van der Waals surface area contributed by atoms with Crippen molar-refractivity contribution < 1.29 is 4.79 Å². The Morgan fingerprint density at radius 1 is 1.45 bits per heavy atom. The Kier molecular flexibility index (Phi) is 4.27. The molecule has 2 aliphatic heterocycles. The second-order valence-corrected chi connectivity index (χ2v) is 6.08. The summed E-state index contributed by atoms with van der Waals surface area (Å²) in [6.45, 7) is 3.22. The van der Waals surface area contributed by atoms with Gasteiger partial charge in [0, 0.05) is 37.8 Å². The van der Waals surface area contributed by atoms with E-state index in [1.165, 1.54) is 6.92 Å². The molecular formula is C16H21N5O. The van der Waals surface area contributed by atoms with Crippen molar-refractivity contribution in [2.24, 2.45) is 5.92 Å². The molecule has 0 radical (unpaired) electrons. The Hall–Kier alpha value is -2.10. The second-order valence-electron chi connectivity index (χ2n) is 6.08. The first-order chi connectivity index (χ1) is 10.7. The van der Waals surface area contributed by atoms with Crippen molar-refractivity contribution in [3.8, 4) is 6.19 Å². The van der Waals surface area contributed by atoms with Crippen LogP contribution in [0.2, 0.25) is 0 Å². The predicted molar refractivity (Wildman–Crippen MR) is 83.5 cm³/mol. The van der Waals surface area contributed by atoms with Crippen LogP contribution in [0.5, 0.6) is 0 Å². The van der Waals surface area contributed by atoms with Gasteiger partial charge in [0.25, 0.3) is 0 Å². The molecule has 0 aliphatic carbocycles. The maximum absolute atomic E-state index is 11.2. The Balaban J connectivity index is 1.63. The van der Waals surface area contributed by atoms with Gasteiger partial charge in [0.05, 0.1) is 0 Å². The molecule has 3 N–H and O–H groups in total. The third-order valence-corrected chi connectivity index (χ3v) is 4.48. The lowest BCUT2D eigenvalue weighted by molar-refractivity contribution is -0.114. The molecule has 2 aliphatic rings. The number of hydrogen-bond acceptors (Lipinski definition) is 5. The van der Waals surface area contributed by atoms with E-state index < -0.39 is 0 Å². The first kappa shape index (κ1) is 14.8. The van der Waals surface area contributed by atoms with Crippen LogP contribution in [-0.4, -0.2) is 29.9 Å². The maximum atomic E-state index is 11.2. The van der Waals surface area contributed by atoms with Crippen LogP contribution in [0.4, 0.5) is 5.69 Å². The van der Waals surface area contributed by atoms with Crippen molar-refractivity contribution >= 4 is 11.6 Å². The van der Waals surface area contributed by atoms with Crippen LogP contribution in [-0.2, 0) is 4.79 Å². The van der Waals surface area contributed by atoms with Crippen molar-refractivity contribution in [3.63, 3.8) is 0 Å². The van der Waals surface area contributed by atoms with E-state index in [1.807, 2.05) is 23.1 Å². The number of carbonyl (C=O) groups is 1. The van der Waals surface area contributed by atoms with E-state index in [2.05, 4.69) is 28.4 Å². The number of rotatable bonds is 3. The van der Waals surface area contributed by atoms with E-state index in [9.17, 15) is 4.79 Å². The van der Waals surface area contributed by atoms with Gasteiger partial charge in [-0.25, -0.2) is 0 Å². The van der Waals surface area contributed by atoms with E-state index >= 15 is 0 Å². The van der Waals surface area contributed by atoms with Crippen LogP contribution in [0, 0.1) is 17.4 Å². The smallest absolute Gasteiger partial charge is 0.221 e. The number of nitriles is 1. The normalized spacial score (nSPS) is 27.6. The summed E-state index contributed by atoms with van der Waals surface area (Å²) in [5.41, 5.74) is 8.72. The summed E-state index contributed by atoms with van der Waals surface area (Å²) >= 11 is 0. The summed E-state index contributed by atoms with van der Waals surface area (Å²) in [7, 11) is 0. The van der Waals surface area contributed by atoms with Gasteiger partial charge in [0.2, 0.25) is 5.91 Å². The van der Waals surface area contributed by atoms with Gasteiger partial charge >= 0.3 is 0 Å². The van der Waals surface area contributed by atoms with E-state index in [4.69, 9.17) is 5.26 Å². The highest BCUT2D eigenvalue weighted by Gasteiger charge is 2.34. The molecule has 22 heavy (non-hydrogen) atoms. The molecule has 3 rings (SSSR count). The highest BCUT2D eigenvalue weighted by Crippen LogP contribution is 2.30. The van der Waals surface area contributed by atoms with Crippen LogP contribution < -0.4 is 16.2 Å². The van der Waals surface area contributed by atoms with Crippen LogP contribution in [0.3, 0.4) is 0 Å². The van der Waals surface area contributed by atoms with Gasteiger partial charge in [-0.3, -0.25) is 15.6 Å². The number of benzene rings is 1. The van der Waals surface area contributed by atoms with E-state index in [-0.39, 0.29) is 11.9 Å². The fraction of sp³-hybridized carbons (Fsp3) is 0.500. The first-order valence-corrected chi connectivity index (χ1v) is 7.69. The van der Waals surface area contributed by atoms with E-state index in [1.54, 1.807) is 0 Å². The molecule has 6 heteroatoms.